The Morgan fingerprint density at radius 1 is 1.39 bits per heavy atom. The van der Waals surface area contributed by atoms with Gasteiger partial charge >= 0.3 is 0 Å². The van der Waals surface area contributed by atoms with E-state index in [0.29, 0.717) is 11.0 Å². The number of carbonyl (C=O) groups excluding carboxylic acids is 1. The zero-order valence-corrected chi connectivity index (χ0v) is 12.6. The number of amides is 1. The van der Waals surface area contributed by atoms with Gasteiger partial charge in [-0.1, -0.05) is 0 Å². The maximum atomic E-state index is 11.8. The van der Waals surface area contributed by atoms with Crippen molar-refractivity contribution in [2.75, 3.05) is 44.4 Å². The van der Waals surface area contributed by atoms with E-state index in [9.17, 15) is 13.2 Å². The molecule has 0 aliphatic carbocycles. The maximum Gasteiger partial charge on any atom is 0.232 e. The molecule has 1 amide bonds. The van der Waals surface area contributed by atoms with Crippen molar-refractivity contribution in [3.8, 4) is 0 Å². The number of piperidine rings is 1. The number of hydrogen-bond donors (Lipinski definition) is 1. The van der Waals surface area contributed by atoms with Crippen LogP contribution in [0.2, 0.25) is 0 Å². The van der Waals surface area contributed by atoms with Crippen molar-refractivity contribution in [1.82, 2.24) is 10.2 Å². The second kappa shape index (κ2) is 7.35. The van der Waals surface area contributed by atoms with E-state index in [4.69, 9.17) is 0 Å². The van der Waals surface area contributed by atoms with E-state index < -0.39 is 9.84 Å². The van der Waals surface area contributed by atoms with Gasteiger partial charge < -0.3 is 10.2 Å². The normalized spacial score (nSPS) is 17.7. The van der Waals surface area contributed by atoms with E-state index in [0.717, 1.165) is 25.9 Å². The molecule has 1 N–H and O–H groups in total. The fraction of sp³-hybridized carbons (Fsp3) is 0.909. The molecule has 0 aromatic rings. The highest BCUT2D eigenvalue weighted by Gasteiger charge is 2.17. The summed E-state index contributed by atoms with van der Waals surface area (Å²) in [4.78, 5) is 13.3. The minimum atomic E-state index is -3.00. The van der Waals surface area contributed by atoms with Crippen LogP contribution in [0.5, 0.6) is 0 Å². The summed E-state index contributed by atoms with van der Waals surface area (Å²) in [5.41, 5.74) is 0. The van der Waals surface area contributed by atoms with Crippen LogP contribution in [0.25, 0.3) is 0 Å². The molecule has 1 heterocycles. The van der Waals surface area contributed by atoms with Gasteiger partial charge in [0.15, 0.2) is 0 Å². The van der Waals surface area contributed by atoms with Crippen LogP contribution in [0.1, 0.15) is 12.8 Å². The second-order valence-corrected chi connectivity index (χ2v) is 8.25. The van der Waals surface area contributed by atoms with Crippen molar-refractivity contribution in [2.45, 2.75) is 18.1 Å². The fourth-order valence-electron chi connectivity index (χ4n) is 1.69. The molecule has 1 fully saturated rings. The zero-order valence-electron chi connectivity index (χ0n) is 11.0. The van der Waals surface area contributed by atoms with Crippen LogP contribution >= 0.6 is 11.8 Å². The molecule has 1 aliphatic rings. The highest BCUT2D eigenvalue weighted by Crippen LogP contribution is 2.20. The summed E-state index contributed by atoms with van der Waals surface area (Å²) in [5, 5.41) is 3.84. The van der Waals surface area contributed by atoms with E-state index in [1.165, 1.54) is 11.2 Å². The lowest BCUT2D eigenvalue weighted by Crippen LogP contribution is -2.34. The molecule has 1 aliphatic heterocycles. The van der Waals surface area contributed by atoms with Crippen molar-refractivity contribution in [3.63, 3.8) is 0 Å². The molecule has 1 rings (SSSR count). The van der Waals surface area contributed by atoms with E-state index >= 15 is 0 Å². The number of sulfone groups is 1. The second-order valence-electron chi connectivity index (χ2n) is 4.71. The zero-order chi connectivity index (χ0) is 13.6. The highest BCUT2D eigenvalue weighted by molar-refractivity contribution is 8.00. The first-order chi connectivity index (χ1) is 8.38. The Bertz CT molecular complexity index is 364. The first kappa shape index (κ1) is 15.8. The van der Waals surface area contributed by atoms with Crippen LogP contribution in [0.3, 0.4) is 0 Å². The number of rotatable bonds is 6. The fourth-order valence-corrected chi connectivity index (χ4v) is 3.46. The highest BCUT2D eigenvalue weighted by atomic mass is 32.2. The molecule has 1 saturated heterocycles. The molecule has 0 bridgehead atoms. The summed E-state index contributed by atoms with van der Waals surface area (Å²) in [6.07, 6.45) is 3.39. The van der Waals surface area contributed by atoms with Gasteiger partial charge in [0.25, 0.3) is 0 Å². The standard InChI is InChI=1S/C11H22N2O3S2/c1-13(7-8-18(2,15)16)11(14)9-17-10-3-5-12-6-4-10/h10,12H,3-9H2,1-2H3. The van der Waals surface area contributed by atoms with Crippen LogP contribution in [-0.2, 0) is 14.6 Å². The van der Waals surface area contributed by atoms with Gasteiger partial charge in [-0.3, -0.25) is 4.79 Å². The van der Waals surface area contributed by atoms with Gasteiger partial charge in [0, 0.05) is 25.1 Å². The Morgan fingerprint density at radius 3 is 2.56 bits per heavy atom. The Hall–Kier alpha value is -0.270. The molecule has 0 saturated carbocycles. The van der Waals surface area contributed by atoms with Crippen LogP contribution in [0.4, 0.5) is 0 Å². The maximum absolute atomic E-state index is 11.8. The lowest BCUT2D eigenvalue weighted by atomic mass is 10.2. The van der Waals surface area contributed by atoms with Crippen molar-refractivity contribution in [1.29, 1.82) is 0 Å². The molecule has 18 heavy (non-hydrogen) atoms. The van der Waals surface area contributed by atoms with Crippen molar-refractivity contribution in [3.05, 3.63) is 0 Å². The number of thioether (sulfide) groups is 1. The summed E-state index contributed by atoms with van der Waals surface area (Å²) < 4.78 is 22.0. The number of carbonyl (C=O) groups is 1. The van der Waals surface area contributed by atoms with Crippen molar-refractivity contribution in [2.24, 2.45) is 0 Å². The topological polar surface area (TPSA) is 66.5 Å². The summed E-state index contributed by atoms with van der Waals surface area (Å²) in [6.45, 7) is 2.33. The van der Waals surface area contributed by atoms with E-state index in [-0.39, 0.29) is 18.2 Å². The lowest BCUT2D eigenvalue weighted by molar-refractivity contribution is -0.126. The van der Waals surface area contributed by atoms with Gasteiger partial charge in [-0.05, 0) is 25.9 Å². The molecule has 0 atom stereocenters. The Labute approximate surface area is 114 Å². The molecule has 0 aromatic heterocycles. The molecule has 106 valence electrons. The van der Waals surface area contributed by atoms with Crippen molar-refractivity contribution < 1.29 is 13.2 Å². The Morgan fingerprint density at radius 2 is 2.00 bits per heavy atom. The summed E-state index contributed by atoms with van der Waals surface area (Å²) >= 11 is 1.69. The van der Waals surface area contributed by atoms with Gasteiger partial charge in [-0.2, -0.15) is 0 Å². The largest absolute Gasteiger partial charge is 0.344 e. The molecule has 7 heteroatoms. The summed E-state index contributed by atoms with van der Waals surface area (Å²) in [6, 6.07) is 0. The average Bonchev–Trinajstić information content (AvgIpc) is 2.33. The first-order valence-electron chi connectivity index (χ1n) is 6.12. The first-order valence-corrected chi connectivity index (χ1v) is 9.23. The number of nitrogens with zero attached hydrogens (tertiary/aromatic N) is 1. The van der Waals surface area contributed by atoms with Crippen LogP contribution < -0.4 is 5.32 Å². The monoisotopic (exact) mass is 294 g/mol. The molecule has 0 unspecified atom stereocenters. The third-order valence-electron chi connectivity index (χ3n) is 2.95. The molecule has 0 spiro atoms. The van der Waals surface area contributed by atoms with E-state index in [1.54, 1.807) is 18.8 Å². The van der Waals surface area contributed by atoms with Gasteiger partial charge in [0.05, 0.1) is 11.5 Å². The summed E-state index contributed by atoms with van der Waals surface area (Å²) in [5.74, 6) is 0.500. The minimum Gasteiger partial charge on any atom is -0.344 e. The Balaban J connectivity index is 2.22. The van der Waals surface area contributed by atoms with Crippen LogP contribution in [-0.4, -0.2) is 68.9 Å². The molecule has 0 aromatic carbocycles. The van der Waals surface area contributed by atoms with E-state index in [1.807, 2.05) is 0 Å². The number of hydrogen-bond acceptors (Lipinski definition) is 5. The third kappa shape index (κ3) is 6.61. The van der Waals surface area contributed by atoms with Gasteiger partial charge in [0.1, 0.15) is 9.84 Å². The van der Waals surface area contributed by atoms with Gasteiger partial charge in [0.2, 0.25) is 5.91 Å². The van der Waals surface area contributed by atoms with Crippen LogP contribution in [0, 0.1) is 0 Å². The third-order valence-corrected chi connectivity index (χ3v) is 5.23. The Kier molecular flexibility index (Phi) is 6.45. The van der Waals surface area contributed by atoms with Crippen molar-refractivity contribution >= 4 is 27.5 Å². The van der Waals surface area contributed by atoms with Gasteiger partial charge in [-0.15, -0.1) is 11.8 Å². The quantitative estimate of drug-likeness (QED) is 0.745. The predicted molar refractivity (Wildman–Crippen MR) is 75.7 cm³/mol. The number of nitrogens with one attached hydrogen (secondary N) is 1. The molecule has 5 nitrogen and oxygen atoms in total. The predicted octanol–water partition coefficient (Wildman–Crippen LogP) is -0.0254. The summed E-state index contributed by atoms with van der Waals surface area (Å²) in [7, 11) is -1.33. The molecular weight excluding hydrogens is 272 g/mol. The van der Waals surface area contributed by atoms with E-state index in [2.05, 4.69) is 5.32 Å². The van der Waals surface area contributed by atoms with Crippen LogP contribution in [0.15, 0.2) is 0 Å². The van der Waals surface area contributed by atoms with Gasteiger partial charge in [-0.25, -0.2) is 8.42 Å². The lowest BCUT2D eigenvalue weighted by Gasteiger charge is -2.23. The molecular formula is C11H22N2O3S2. The average molecular weight is 294 g/mol. The minimum absolute atomic E-state index is 0.0159. The smallest absolute Gasteiger partial charge is 0.232 e. The SMILES string of the molecule is CN(CCS(C)(=O)=O)C(=O)CSC1CCNCC1. The molecule has 0 radical (unpaired) electrons.